The Kier molecular flexibility index (Phi) is 6.30. The molecule has 1 rings (SSSR count). The largest absolute Gasteiger partial charge is 0.496 e. The molecule has 1 aromatic rings. The Morgan fingerprint density at radius 1 is 1.23 bits per heavy atom. The van der Waals surface area contributed by atoms with Gasteiger partial charge in [-0.1, -0.05) is 26.8 Å². The second-order valence-corrected chi connectivity index (χ2v) is 8.16. The van der Waals surface area contributed by atoms with Crippen LogP contribution in [-0.2, 0) is 9.53 Å². The summed E-state index contributed by atoms with van der Waals surface area (Å²) in [6.45, 7) is 10.4. The van der Waals surface area contributed by atoms with Crippen molar-refractivity contribution in [3.8, 4) is 5.75 Å². The van der Waals surface area contributed by atoms with E-state index in [4.69, 9.17) is 9.47 Å². The van der Waals surface area contributed by atoms with Crippen LogP contribution in [0.2, 0.25) is 0 Å². The molecule has 0 radical (unpaired) electrons. The van der Waals surface area contributed by atoms with E-state index in [-0.39, 0.29) is 11.4 Å². The van der Waals surface area contributed by atoms with E-state index >= 15 is 0 Å². The average Bonchev–Trinajstić information content (AvgIpc) is 2.45. The van der Waals surface area contributed by atoms with Crippen molar-refractivity contribution in [3.05, 3.63) is 27.3 Å². The van der Waals surface area contributed by atoms with Crippen molar-refractivity contribution in [3.63, 3.8) is 0 Å². The van der Waals surface area contributed by atoms with Gasteiger partial charge in [0.1, 0.15) is 5.75 Å². The highest BCUT2D eigenvalue weighted by Gasteiger charge is 2.44. The fourth-order valence-electron chi connectivity index (χ4n) is 2.66. The second-order valence-electron chi connectivity index (χ2n) is 7.00. The lowest BCUT2D eigenvalue weighted by Gasteiger charge is -2.41. The molecule has 4 heteroatoms. The zero-order chi connectivity index (χ0) is 17.1. The van der Waals surface area contributed by atoms with Crippen molar-refractivity contribution in [2.24, 2.45) is 10.8 Å². The summed E-state index contributed by atoms with van der Waals surface area (Å²) < 4.78 is 11.4. The van der Waals surface area contributed by atoms with Crippen molar-refractivity contribution in [1.29, 1.82) is 0 Å². The first-order valence-electron chi connectivity index (χ1n) is 7.48. The number of carbonyl (C=O) groups excluding carboxylic acids is 1. The van der Waals surface area contributed by atoms with Gasteiger partial charge in [0.05, 0.1) is 23.2 Å². The topological polar surface area (TPSA) is 35.5 Å². The number of hydrogen-bond donors (Lipinski definition) is 0. The molecule has 0 spiro atoms. The van der Waals surface area contributed by atoms with E-state index in [1.165, 1.54) is 12.7 Å². The van der Waals surface area contributed by atoms with Gasteiger partial charge in [-0.25, -0.2) is 0 Å². The molecule has 1 atom stereocenters. The third-order valence-electron chi connectivity index (χ3n) is 4.95. The minimum Gasteiger partial charge on any atom is -0.496 e. The van der Waals surface area contributed by atoms with Crippen molar-refractivity contribution in [1.82, 2.24) is 0 Å². The van der Waals surface area contributed by atoms with Gasteiger partial charge in [-0.15, -0.1) is 0 Å². The second kappa shape index (κ2) is 7.20. The van der Waals surface area contributed by atoms with Gasteiger partial charge in [0, 0.05) is 0 Å². The van der Waals surface area contributed by atoms with Crippen LogP contribution >= 0.6 is 22.6 Å². The molecule has 0 aliphatic heterocycles. The molecular weight excluding hydrogens is 391 g/mol. The summed E-state index contributed by atoms with van der Waals surface area (Å²) in [7, 11) is 3.14. The van der Waals surface area contributed by atoms with Crippen LogP contribution in [0.5, 0.6) is 5.75 Å². The van der Waals surface area contributed by atoms with Crippen molar-refractivity contribution >= 4 is 28.6 Å². The minimum absolute atomic E-state index is 0.158. The molecule has 0 saturated heterocycles. The molecule has 0 bridgehead atoms. The van der Waals surface area contributed by atoms with Gasteiger partial charge < -0.3 is 9.47 Å². The number of rotatable bonds is 6. The van der Waals surface area contributed by atoms with Crippen molar-refractivity contribution < 1.29 is 14.3 Å². The molecule has 22 heavy (non-hydrogen) atoms. The third-order valence-corrected chi connectivity index (χ3v) is 5.79. The highest BCUT2D eigenvalue weighted by atomic mass is 127. The molecule has 0 saturated carbocycles. The lowest BCUT2D eigenvalue weighted by Crippen LogP contribution is -2.41. The first-order valence-corrected chi connectivity index (χ1v) is 8.56. The van der Waals surface area contributed by atoms with Crippen LogP contribution in [0.4, 0.5) is 0 Å². The minimum atomic E-state index is -0.532. The van der Waals surface area contributed by atoms with Crippen LogP contribution in [0.15, 0.2) is 18.2 Å². The molecule has 0 fully saturated rings. The summed E-state index contributed by atoms with van der Waals surface area (Å²) >= 11 is 2.29. The quantitative estimate of drug-likeness (QED) is 0.481. The summed E-state index contributed by atoms with van der Waals surface area (Å²) in [4.78, 5) is 12.1. The van der Waals surface area contributed by atoms with E-state index in [9.17, 15) is 4.79 Å². The Hall–Kier alpha value is -0.780. The highest BCUT2D eigenvalue weighted by Crippen LogP contribution is 2.46. The summed E-state index contributed by atoms with van der Waals surface area (Å²) in [6, 6.07) is 6.27. The van der Waals surface area contributed by atoms with E-state index < -0.39 is 5.41 Å². The first-order chi connectivity index (χ1) is 10.1. The summed E-state index contributed by atoms with van der Waals surface area (Å²) in [5.41, 5.74) is 0.555. The van der Waals surface area contributed by atoms with Crippen LogP contribution in [0.25, 0.3) is 0 Å². The van der Waals surface area contributed by atoms with Crippen LogP contribution in [0.3, 0.4) is 0 Å². The maximum atomic E-state index is 12.1. The molecule has 0 N–H and O–H groups in total. The molecular formula is C18H27IO3. The zero-order valence-electron chi connectivity index (χ0n) is 14.6. The molecule has 1 unspecified atom stereocenters. The van der Waals surface area contributed by atoms with E-state index in [0.717, 1.165) is 15.7 Å². The van der Waals surface area contributed by atoms with E-state index in [1.807, 2.05) is 19.9 Å². The van der Waals surface area contributed by atoms with Crippen LogP contribution in [0, 0.1) is 14.4 Å². The predicted octanol–water partition coefficient (Wildman–Crippen LogP) is 5.02. The smallest absolute Gasteiger partial charge is 0.311 e. The number of benzene rings is 1. The molecule has 0 heterocycles. The Labute approximate surface area is 147 Å². The Morgan fingerprint density at radius 2 is 1.82 bits per heavy atom. The van der Waals surface area contributed by atoms with Crippen LogP contribution in [0.1, 0.15) is 52.5 Å². The maximum Gasteiger partial charge on any atom is 0.311 e. The van der Waals surface area contributed by atoms with Crippen molar-refractivity contribution in [2.45, 2.75) is 47.0 Å². The lowest BCUT2D eigenvalue weighted by molar-refractivity contribution is -0.158. The molecule has 0 aliphatic rings. The molecule has 3 nitrogen and oxygen atoms in total. The summed E-state index contributed by atoms with van der Waals surface area (Å²) in [5, 5.41) is 0. The van der Waals surface area contributed by atoms with E-state index in [1.54, 1.807) is 7.11 Å². The van der Waals surface area contributed by atoms with E-state index in [2.05, 4.69) is 55.5 Å². The van der Waals surface area contributed by atoms with Crippen LogP contribution in [-0.4, -0.2) is 20.2 Å². The fraction of sp³-hybridized carbons (Fsp3) is 0.611. The van der Waals surface area contributed by atoms with Gasteiger partial charge in [-0.05, 0) is 71.9 Å². The van der Waals surface area contributed by atoms with Gasteiger partial charge >= 0.3 is 5.97 Å². The maximum absolute atomic E-state index is 12.1. The molecule has 1 aromatic carbocycles. The monoisotopic (exact) mass is 418 g/mol. The molecule has 124 valence electrons. The van der Waals surface area contributed by atoms with Crippen LogP contribution < -0.4 is 4.74 Å². The lowest BCUT2D eigenvalue weighted by atomic mass is 9.63. The number of methoxy groups -OCH3 is 2. The Morgan fingerprint density at radius 3 is 2.27 bits per heavy atom. The number of halogens is 1. The Balaban J connectivity index is 2.98. The molecule has 0 aliphatic carbocycles. The fourth-order valence-corrected chi connectivity index (χ4v) is 3.42. The number of carbonyl (C=O) groups is 1. The SMILES string of the molecule is COC(=O)C(C)(C)C(C)(C)CC(C)c1ccc(OC)c(I)c1. The van der Waals surface area contributed by atoms with Crippen molar-refractivity contribution in [2.75, 3.05) is 14.2 Å². The van der Waals surface area contributed by atoms with E-state index in [0.29, 0.717) is 5.92 Å². The number of ether oxygens (including phenoxy) is 2. The van der Waals surface area contributed by atoms with Gasteiger partial charge in [0.15, 0.2) is 0 Å². The number of hydrogen-bond acceptors (Lipinski definition) is 3. The standard InChI is InChI=1S/C18H27IO3/c1-12(13-8-9-15(21-6)14(19)10-13)11-17(2,3)18(4,5)16(20)22-7/h8-10,12H,11H2,1-7H3. The Bertz CT molecular complexity index is 535. The zero-order valence-corrected chi connectivity index (χ0v) is 16.8. The summed E-state index contributed by atoms with van der Waals surface area (Å²) in [5.74, 6) is 1.08. The van der Waals surface area contributed by atoms with Gasteiger partial charge in [-0.2, -0.15) is 0 Å². The average molecular weight is 418 g/mol. The molecule has 0 amide bonds. The van der Waals surface area contributed by atoms with Gasteiger partial charge in [0.2, 0.25) is 0 Å². The normalized spacial score (nSPS) is 13.6. The van der Waals surface area contributed by atoms with Gasteiger partial charge in [0.25, 0.3) is 0 Å². The molecule has 0 aromatic heterocycles. The highest BCUT2D eigenvalue weighted by molar-refractivity contribution is 14.1. The summed E-state index contributed by atoms with van der Waals surface area (Å²) in [6.07, 6.45) is 0.900. The predicted molar refractivity (Wildman–Crippen MR) is 98.3 cm³/mol. The first kappa shape index (κ1) is 19.3. The number of esters is 1. The third kappa shape index (κ3) is 3.94. The van der Waals surface area contributed by atoms with Gasteiger partial charge in [-0.3, -0.25) is 4.79 Å².